The number of aliphatic carboxylic acids is 2. The molecule has 0 amide bonds. The first-order valence-corrected chi connectivity index (χ1v) is 9.53. The van der Waals surface area contributed by atoms with Crippen molar-refractivity contribution in [1.82, 2.24) is 0 Å². The molecule has 0 aliphatic rings. The molecule has 0 aromatic rings. The lowest BCUT2D eigenvalue weighted by Crippen LogP contribution is -2.35. The zero-order valence-corrected chi connectivity index (χ0v) is 16.7. The number of rotatable bonds is 14. The third kappa shape index (κ3) is 25.2. The first-order valence-electron chi connectivity index (χ1n) is 9.53. The van der Waals surface area contributed by atoms with Gasteiger partial charge in [-0.2, -0.15) is 0 Å². The van der Waals surface area contributed by atoms with Gasteiger partial charge in [0.15, 0.2) is 6.10 Å². The van der Waals surface area contributed by atoms with Crippen LogP contribution in [0.3, 0.4) is 0 Å². The number of carbonyl (C=O) groups is 2. The highest BCUT2D eigenvalue weighted by Gasteiger charge is 2.16. The number of carboxylic acids is 2. The Morgan fingerprint density at radius 1 is 0.800 bits per heavy atom. The van der Waals surface area contributed by atoms with Gasteiger partial charge in [-0.05, 0) is 12.8 Å². The van der Waals surface area contributed by atoms with E-state index in [1.165, 1.54) is 70.8 Å². The van der Waals surface area contributed by atoms with Crippen molar-refractivity contribution in [2.24, 2.45) is 0 Å². The molecule has 1 atom stereocenters. The van der Waals surface area contributed by atoms with Crippen molar-refractivity contribution in [2.45, 2.75) is 83.7 Å². The van der Waals surface area contributed by atoms with E-state index in [9.17, 15) is 9.59 Å². The molecule has 0 aliphatic heterocycles. The van der Waals surface area contributed by atoms with Gasteiger partial charge in [0.25, 0.3) is 0 Å². The molecule has 3 N–H and O–H groups in total. The maximum absolute atomic E-state index is 9.72. The number of carboxylic acid groups (broad SMARTS) is 2. The van der Waals surface area contributed by atoms with Crippen LogP contribution < -0.4 is 0 Å². The Balaban J connectivity index is 0. The Bertz CT molecular complexity index is 339. The van der Waals surface area contributed by atoms with Crippen molar-refractivity contribution >= 4 is 11.9 Å². The summed E-state index contributed by atoms with van der Waals surface area (Å²) >= 11 is 0. The number of hydrogen-bond donors (Lipinski definition) is 3. The van der Waals surface area contributed by atoms with Crippen molar-refractivity contribution in [3.05, 3.63) is 0 Å². The monoisotopic (exact) mass is 362 g/mol. The van der Waals surface area contributed by atoms with E-state index in [-0.39, 0.29) is 0 Å². The van der Waals surface area contributed by atoms with Crippen LogP contribution in [0, 0.1) is 0 Å². The quantitative estimate of drug-likeness (QED) is 0.325. The molecule has 0 saturated carbocycles. The van der Waals surface area contributed by atoms with Crippen LogP contribution in [0.15, 0.2) is 0 Å². The summed E-state index contributed by atoms with van der Waals surface area (Å²) in [6.45, 7) is 3.62. The van der Waals surface area contributed by atoms with Gasteiger partial charge in [-0.3, -0.25) is 4.79 Å². The van der Waals surface area contributed by atoms with E-state index in [4.69, 9.17) is 15.3 Å². The Morgan fingerprint density at radius 2 is 1.20 bits per heavy atom. The first-order chi connectivity index (χ1) is 11.6. The van der Waals surface area contributed by atoms with Crippen LogP contribution in [-0.4, -0.2) is 65.5 Å². The predicted molar refractivity (Wildman–Crippen MR) is 101 cm³/mol. The minimum atomic E-state index is -1.79. The molecule has 0 aromatic carbocycles. The van der Waals surface area contributed by atoms with Gasteiger partial charge in [-0.25, -0.2) is 4.79 Å². The molecule has 0 heterocycles. The predicted octanol–water partition coefficient (Wildman–Crippen LogP) is 3.52. The van der Waals surface area contributed by atoms with Gasteiger partial charge in [0, 0.05) is 0 Å². The summed E-state index contributed by atoms with van der Waals surface area (Å²) in [6, 6.07) is 0. The standard InChI is InChI=1S/C15H34N.C4H6O5/c1-5-6-7-8-9-10-11-12-13-14-15-16(2,3)4;5-2(4(8)9)1-3(6)7/h5-15H2,1-4H3;2,5H,1H2,(H,6,7)(H,8,9)/q+1;. The largest absolute Gasteiger partial charge is 0.481 e. The average molecular weight is 363 g/mol. The van der Waals surface area contributed by atoms with E-state index in [0.29, 0.717) is 0 Å². The van der Waals surface area contributed by atoms with Crippen LogP contribution in [0.5, 0.6) is 0 Å². The maximum Gasteiger partial charge on any atom is 0.333 e. The molecule has 150 valence electrons. The van der Waals surface area contributed by atoms with Crippen LogP contribution in [0.1, 0.15) is 77.6 Å². The highest BCUT2D eigenvalue weighted by Crippen LogP contribution is 2.10. The van der Waals surface area contributed by atoms with Crippen molar-refractivity contribution < 1.29 is 29.4 Å². The molecular formula is C19H40NO5+. The van der Waals surface area contributed by atoms with Crippen LogP contribution in [0.25, 0.3) is 0 Å². The zero-order chi connectivity index (χ0) is 19.7. The van der Waals surface area contributed by atoms with E-state index in [1.54, 1.807) is 0 Å². The fourth-order valence-corrected chi connectivity index (χ4v) is 2.33. The van der Waals surface area contributed by atoms with E-state index in [0.717, 1.165) is 4.48 Å². The van der Waals surface area contributed by atoms with Crippen LogP contribution in [0.4, 0.5) is 0 Å². The highest BCUT2D eigenvalue weighted by atomic mass is 16.4. The Morgan fingerprint density at radius 3 is 1.48 bits per heavy atom. The van der Waals surface area contributed by atoms with Gasteiger partial charge >= 0.3 is 11.9 Å². The molecule has 0 bridgehead atoms. The lowest BCUT2D eigenvalue weighted by molar-refractivity contribution is -0.870. The topological polar surface area (TPSA) is 94.8 Å². The Labute approximate surface area is 153 Å². The van der Waals surface area contributed by atoms with Crippen LogP contribution >= 0.6 is 0 Å². The molecule has 6 nitrogen and oxygen atoms in total. The SMILES string of the molecule is CCCCCCCCCCCC[N+](C)(C)C.O=C(O)CC(O)C(=O)O. The molecule has 0 saturated heterocycles. The van der Waals surface area contributed by atoms with Crippen LogP contribution in [-0.2, 0) is 9.59 Å². The fraction of sp³-hybridized carbons (Fsp3) is 0.895. The third-order valence-electron chi connectivity index (χ3n) is 3.84. The normalized spacial score (nSPS) is 12.2. The van der Waals surface area contributed by atoms with Crippen molar-refractivity contribution in [3.8, 4) is 0 Å². The van der Waals surface area contributed by atoms with Gasteiger partial charge in [-0.15, -0.1) is 0 Å². The molecule has 25 heavy (non-hydrogen) atoms. The second kappa shape index (κ2) is 16.3. The molecule has 1 unspecified atom stereocenters. The number of quaternary nitrogens is 1. The van der Waals surface area contributed by atoms with Gasteiger partial charge in [-0.1, -0.05) is 58.3 Å². The first kappa shape index (κ1) is 26.1. The van der Waals surface area contributed by atoms with Gasteiger partial charge < -0.3 is 19.8 Å². The maximum atomic E-state index is 9.72. The van der Waals surface area contributed by atoms with Gasteiger partial charge in [0.1, 0.15) is 0 Å². The summed E-state index contributed by atoms with van der Waals surface area (Å²) in [5, 5.41) is 24.1. The van der Waals surface area contributed by atoms with E-state index in [1.807, 2.05) is 0 Å². The molecule has 0 aliphatic carbocycles. The fourth-order valence-electron chi connectivity index (χ4n) is 2.33. The molecule has 0 rings (SSSR count). The average Bonchev–Trinajstić information content (AvgIpc) is 2.48. The minimum absolute atomic E-state index is 0.755. The smallest absolute Gasteiger partial charge is 0.333 e. The molecule has 6 heteroatoms. The van der Waals surface area contributed by atoms with E-state index < -0.39 is 24.5 Å². The zero-order valence-electron chi connectivity index (χ0n) is 16.7. The van der Waals surface area contributed by atoms with Crippen molar-refractivity contribution in [3.63, 3.8) is 0 Å². The summed E-state index contributed by atoms with van der Waals surface area (Å²) in [6.07, 6.45) is 11.9. The number of nitrogens with zero attached hydrogens (tertiary/aromatic N) is 1. The lowest BCUT2D eigenvalue weighted by atomic mass is 10.1. The number of aliphatic hydroxyl groups excluding tert-OH is 1. The molecular weight excluding hydrogens is 322 g/mol. The number of aliphatic hydroxyl groups is 1. The van der Waals surface area contributed by atoms with E-state index >= 15 is 0 Å². The minimum Gasteiger partial charge on any atom is -0.481 e. The highest BCUT2D eigenvalue weighted by molar-refractivity contribution is 5.79. The summed E-state index contributed by atoms with van der Waals surface area (Å²) in [5.74, 6) is -2.85. The van der Waals surface area contributed by atoms with Gasteiger partial charge in [0.05, 0.1) is 34.1 Å². The molecule has 0 spiro atoms. The second-order valence-corrected chi connectivity index (χ2v) is 7.65. The van der Waals surface area contributed by atoms with Crippen LogP contribution in [0.2, 0.25) is 0 Å². The van der Waals surface area contributed by atoms with Crippen molar-refractivity contribution in [2.75, 3.05) is 27.7 Å². The second-order valence-electron chi connectivity index (χ2n) is 7.65. The number of unbranched alkanes of at least 4 members (excludes halogenated alkanes) is 9. The summed E-state index contributed by atoms with van der Waals surface area (Å²) in [4.78, 5) is 19.4. The number of hydrogen-bond acceptors (Lipinski definition) is 3. The van der Waals surface area contributed by atoms with E-state index in [2.05, 4.69) is 28.1 Å². The summed E-state index contributed by atoms with van der Waals surface area (Å²) < 4.78 is 1.12. The summed E-state index contributed by atoms with van der Waals surface area (Å²) in [7, 11) is 6.86. The Kier molecular flexibility index (Phi) is 17.0. The molecule has 0 fully saturated rings. The molecule has 0 radical (unpaired) electrons. The van der Waals surface area contributed by atoms with Crippen molar-refractivity contribution in [1.29, 1.82) is 0 Å². The third-order valence-corrected chi connectivity index (χ3v) is 3.84. The Hall–Kier alpha value is -1.14. The lowest BCUT2D eigenvalue weighted by Gasteiger charge is -2.23. The summed E-state index contributed by atoms with van der Waals surface area (Å²) in [5.41, 5.74) is 0. The van der Waals surface area contributed by atoms with Gasteiger partial charge in [0.2, 0.25) is 0 Å². The molecule has 0 aromatic heterocycles.